The van der Waals surface area contributed by atoms with Gasteiger partial charge in [-0.15, -0.1) is 0 Å². The van der Waals surface area contributed by atoms with Crippen molar-refractivity contribution in [2.24, 2.45) is 0 Å². The fraction of sp³-hybridized carbons (Fsp3) is 0.571. The maximum atomic E-state index is 12.5. The Hall–Kier alpha value is -0.820. The van der Waals surface area contributed by atoms with Gasteiger partial charge in [0.25, 0.3) is 0 Å². The van der Waals surface area contributed by atoms with E-state index in [-0.39, 0.29) is 10.9 Å². The van der Waals surface area contributed by atoms with Crippen molar-refractivity contribution in [2.45, 2.75) is 37.6 Å². The quantitative estimate of drug-likeness (QED) is 0.809. The first-order chi connectivity index (χ1) is 9.85. The van der Waals surface area contributed by atoms with E-state index in [0.717, 1.165) is 25.9 Å². The zero-order valence-corrected chi connectivity index (χ0v) is 14.0. The van der Waals surface area contributed by atoms with Gasteiger partial charge in [-0.1, -0.05) is 18.5 Å². The molecule has 1 aliphatic heterocycles. The fourth-order valence-corrected chi connectivity index (χ4v) is 4.44. The van der Waals surface area contributed by atoms with E-state index in [1.54, 1.807) is 13.0 Å². The first kappa shape index (κ1) is 16.5. The lowest BCUT2D eigenvalue weighted by atomic mass is 10.2. The Morgan fingerprint density at radius 3 is 2.86 bits per heavy atom. The van der Waals surface area contributed by atoms with E-state index >= 15 is 0 Å². The molecule has 0 saturated carbocycles. The van der Waals surface area contributed by atoms with Gasteiger partial charge in [0.05, 0.1) is 4.90 Å². The molecule has 1 atom stereocenters. The third-order valence-electron chi connectivity index (χ3n) is 4.07. The van der Waals surface area contributed by atoms with Crippen molar-refractivity contribution in [2.75, 3.05) is 25.4 Å². The third-order valence-corrected chi connectivity index (χ3v) is 5.84. The summed E-state index contributed by atoms with van der Waals surface area (Å²) in [5.41, 5.74) is 6.72. The van der Waals surface area contributed by atoms with Crippen LogP contribution in [0.25, 0.3) is 0 Å². The summed E-state index contributed by atoms with van der Waals surface area (Å²) in [5.74, 6) is 0. The van der Waals surface area contributed by atoms with Crippen LogP contribution >= 0.6 is 11.6 Å². The van der Waals surface area contributed by atoms with Gasteiger partial charge in [0.2, 0.25) is 10.0 Å². The number of nitrogen functional groups attached to an aromatic ring is 1. The van der Waals surface area contributed by atoms with E-state index in [1.165, 1.54) is 6.07 Å². The molecule has 2 rings (SSSR count). The van der Waals surface area contributed by atoms with E-state index in [4.69, 9.17) is 17.3 Å². The lowest BCUT2D eigenvalue weighted by molar-refractivity contribution is 0.268. The molecule has 1 fully saturated rings. The van der Waals surface area contributed by atoms with Crippen LogP contribution in [0, 0.1) is 6.92 Å². The van der Waals surface area contributed by atoms with Crippen molar-refractivity contribution in [1.82, 2.24) is 9.62 Å². The highest BCUT2D eigenvalue weighted by Crippen LogP contribution is 2.26. The van der Waals surface area contributed by atoms with Crippen molar-refractivity contribution >= 4 is 27.3 Å². The minimum atomic E-state index is -3.60. The van der Waals surface area contributed by atoms with Crippen LogP contribution in [-0.2, 0) is 10.0 Å². The second-order valence-corrected chi connectivity index (χ2v) is 7.57. The highest BCUT2D eigenvalue weighted by Gasteiger charge is 2.26. The number of sulfonamides is 1. The zero-order valence-electron chi connectivity index (χ0n) is 12.4. The van der Waals surface area contributed by atoms with Crippen LogP contribution < -0.4 is 10.5 Å². The Balaban J connectivity index is 2.16. The van der Waals surface area contributed by atoms with Crippen molar-refractivity contribution < 1.29 is 8.42 Å². The van der Waals surface area contributed by atoms with Gasteiger partial charge in [0.15, 0.2) is 0 Å². The van der Waals surface area contributed by atoms with Crippen LogP contribution in [0.15, 0.2) is 17.0 Å². The molecule has 0 aliphatic carbocycles. The number of halogens is 1. The molecule has 0 amide bonds. The Bertz CT molecular complexity index is 619. The van der Waals surface area contributed by atoms with Crippen molar-refractivity contribution in [3.63, 3.8) is 0 Å². The molecule has 1 aliphatic rings. The second kappa shape index (κ2) is 6.52. The fourth-order valence-electron chi connectivity index (χ4n) is 2.78. The molecule has 1 heterocycles. The number of hydrogen-bond donors (Lipinski definition) is 2. The molecule has 1 unspecified atom stereocenters. The van der Waals surface area contributed by atoms with Gasteiger partial charge in [-0.2, -0.15) is 0 Å². The molecular weight excluding hydrogens is 310 g/mol. The van der Waals surface area contributed by atoms with Gasteiger partial charge in [0, 0.05) is 23.3 Å². The molecule has 3 N–H and O–H groups in total. The number of rotatable bonds is 5. The third kappa shape index (κ3) is 3.69. The maximum absolute atomic E-state index is 12.5. The summed E-state index contributed by atoms with van der Waals surface area (Å²) in [4.78, 5) is 2.45. The summed E-state index contributed by atoms with van der Waals surface area (Å²) >= 11 is 5.92. The number of likely N-dealkylation sites (tertiary alicyclic amines) is 1. The first-order valence-electron chi connectivity index (χ1n) is 7.14. The van der Waals surface area contributed by atoms with Crippen molar-refractivity contribution in [3.05, 3.63) is 22.7 Å². The predicted octanol–water partition coefficient (Wildman–Crippen LogP) is 1.99. The summed E-state index contributed by atoms with van der Waals surface area (Å²) in [7, 11) is -3.60. The van der Waals surface area contributed by atoms with Crippen LogP contribution in [-0.4, -0.2) is 39.0 Å². The number of nitrogens with two attached hydrogens (primary N) is 1. The Labute approximate surface area is 131 Å². The SMILES string of the molecule is CCN1CCCC1CNS(=O)(=O)c1cc(Cl)cc(N)c1C. The van der Waals surface area contributed by atoms with E-state index in [1.807, 2.05) is 0 Å². The number of nitrogens with zero attached hydrogens (tertiary/aromatic N) is 1. The molecule has 1 saturated heterocycles. The number of anilines is 1. The highest BCUT2D eigenvalue weighted by atomic mass is 35.5. The molecule has 21 heavy (non-hydrogen) atoms. The second-order valence-electron chi connectivity index (χ2n) is 5.39. The standard InChI is InChI=1S/C14H22ClN3O2S/c1-3-18-6-4-5-12(18)9-17-21(19,20)14-8-11(15)7-13(16)10(14)2/h7-8,12,17H,3-6,9,16H2,1-2H3. The average Bonchev–Trinajstić information content (AvgIpc) is 2.88. The van der Waals surface area contributed by atoms with Gasteiger partial charge in [-0.3, -0.25) is 4.90 Å². The molecule has 1 aromatic rings. The molecule has 7 heteroatoms. The van der Waals surface area contributed by atoms with Gasteiger partial charge in [0.1, 0.15) is 0 Å². The number of nitrogens with one attached hydrogen (secondary N) is 1. The predicted molar refractivity (Wildman–Crippen MR) is 86.1 cm³/mol. The topological polar surface area (TPSA) is 75.4 Å². The van der Waals surface area contributed by atoms with Gasteiger partial charge < -0.3 is 5.73 Å². The smallest absolute Gasteiger partial charge is 0.241 e. The molecule has 1 aromatic carbocycles. The molecule has 0 radical (unpaired) electrons. The summed E-state index contributed by atoms with van der Waals surface area (Å²) in [6.07, 6.45) is 2.14. The Morgan fingerprint density at radius 1 is 1.48 bits per heavy atom. The lowest BCUT2D eigenvalue weighted by Crippen LogP contribution is -2.40. The highest BCUT2D eigenvalue weighted by molar-refractivity contribution is 7.89. The molecule has 0 aromatic heterocycles. The largest absolute Gasteiger partial charge is 0.398 e. The number of benzene rings is 1. The molecule has 0 bridgehead atoms. The van der Waals surface area contributed by atoms with Gasteiger partial charge in [-0.25, -0.2) is 13.1 Å². The first-order valence-corrected chi connectivity index (χ1v) is 9.00. The van der Waals surface area contributed by atoms with E-state index in [9.17, 15) is 8.42 Å². The van der Waals surface area contributed by atoms with Gasteiger partial charge >= 0.3 is 0 Å². The van der Waals surface area contributed by atoms with Crippen LogP contribution in [0.4, 0.5) is 5.69 Å². The van der Waals surface area contributed by atoms with Crippen molar-refractivity contribution in [3.8, 4) is 0 Å². The summed E-state index contributed by atoms with van der Waals surface area (Å²) in [5, 5.41) is 0.328. The molecular formula is C14H22ClN3O2S. The monoisotopic (exact) mass is 331 g/mol. The van der Waals surface area contributed by atoms with E-state index < -0.39 is 10.0 Å². The minimum absolute atomic E-state index is 0.161. The molecule has 118 valence electrons. The van der Waals surface area contributed by atoms with Gasteiger partial charge in [-0.05, 0) is 50.6 Å². The van der Waals surface area contributed by atoms with Crippen LogP contribution in [0.5, 0.6) is 0 Å². The van der Waals surface area contributed by atoms with Crippen LogP contribution in [0.2, 0.25) is 5.02 Å². The summed E-state index contributed by atoms with van der Waals surface area (Å²) in [6, 6.07) is 3.27. The summed E-state index contributed by atoms with van der Waals surface area (Å²) < 4.78 is 27.6. The molecule has 0 spiro atoms. The average molecular weight is 332 g/mol. The van der Waals surface area contributed by atoms with Crippen LogP contribution in [0.3, 0.4) is 0 Å². The summed E-state index contributed by atoms with van der Waals surface area (Å²) in [6.45, 7) is 6.17. The van der Waals surface area contributed by atoms with E-state index in [0.29, 0.717) is 22.8 Å². The normalized spacial score (nSPS) is 20.0. The minimum Gasteiger partial charge on any atom is -0.398 e. The molecule has 5 nitrogen and oxygen atoms in total. The lowest BCUT2D eigenvalue weighted by Gasteiger charge is -2.23. The van der Waals surface area contributed by atoms with Crippen LogP contribution in [0.1, 0.15) is 25.3 Å². The Morgan fingerprint density at radius 2 is 2.19 bits per heavy atom. The zero-order chi connectivity index (χ0) is 15.6. The maximum Gasteiger partial charge on any atom is 0.241 e. The number of hydrogen-bond acceptors (Lipinski definition) is 4. The Kier molecular flexibility index (Phi) is 5.14. The van der Waals surface area contributed by atoms with E-state index in [2.05, 4.69) is 16.5 Å². The number of likely N-dealkylation sites (N-methyl/N-ethyl adjacent to an activating group) is 1. The van der Waals surface area contributed by atoms with Crippen molar-refractivity contribution in [1.29, 1.82) is 0 Å².